The van der Waals surface area contributed by atoms with E-state index in [2.05, 4.69) is 10.2 Å². The van der Waals surface area contributed by atoms with Crippen LogP contribution in [0.1, 0.15) is 55.8 Å². The van der Waals surface area contributed by atoms with Crippen molar-refractivity contribution in [2.24, 2.45) is 12.8 Å². The number of hydrogen-bond donors (Lipinski definition) is 2. The quantitative estimate of drug-likeness (QED) is 0.320. The molecule has 5 rings (SSSR count). The molecule has 1 amide bonds. The van der Waals surface area contributed by atoms with Crippen LogP contribution in [-0.4, -0.2) is 49.5 Å². The van der Waals surface area contributed by atoms with Crippen LogP contribution < -0.4 is 27.2 Å². The summed E-state index contributed by atoms with van der Waals surface area (Å²) in [7, 11) is 1.55. The van der Waals surface area contributed by atoms with Crippen molar-refractivity contribution >= 4 is 34.5 Å². The molecule has 2 aliphatic rings. The van der Waals surface area contributed by atoms with Crippen molar-refractivity contribution < 1.29 is 9.59 Å². The van der Waals surface area contributed by atoms with E-state index in [0.717, 1.165) is 43.2 Å². The van der Waals surface area contributed by atoms with Gasteiger partial charge in [-0.25, -0.2) is 4.79 Å². The minimum Gasteiger partial charge on any atom is -0.341 e. The summed E-state index contributed by atoms with van der Waals surface area (Å²) in [6.07, 6.45) is 11.1. The lowest BCUT2D eigenvalue weighted by Crippen LogP contribution is -2.44. The monoisotopic (exact) mass is 559 g/mol. The van der Waals surface area contributed by atoms with Gasteiger partial charge in [0.1, 0.15) is 0 Å². The number of piperidine rings is 1. The fourth-order valence-electron chi connectivity index (χ4n) is 5.63. The third kappa shape index (κ3) is 5.67. The third-order valence-corrected chi connectivity index (χ3v) is 7.84. The Kier molecular flexibility index (Phi) is 8.34. The summed E-state index contributed by atoms with van der Waals surface area (Å²) in [6, 6.07) is 6.66. The number of para-hydroxylation sites is 1. The molecule has 3 aromatic rings. The molecule has 1 aliphatic carbocycles. The number of anilines is 2. The van der Waals surface area contributed by atoms with Crippen molar-refractivity contribution in [1.29, 1.82) is 0 Å². The van der Waals surface area contributed by atoms with Crippen LogP contribution in [0.25, 0.3) is 11.2 Å². The second-order valence-electron chi connectivity index (χ2n) is 10.7. The number of rotatable bonds is 8. The van der Waals surface area contributed by atoms with Crippen molar-refractivity contribution in [2.45, 2.75) is 64.6 Å². The first kappa shape index (κ1) is 28.3. The van der Waals surface area contributed by atoms with Crippen LogP contribution in [0.3, 0.4) is 0 Å². The second-order valence-corrected chi connectivity index (χ2v) is 10.7. The molecule has 1 atom stereocenters. The average Bonchev–Trinajstić information content (AvgIpc) is 3.37. The van der Waals surface area contributed by atoms with Gasteiger partial charge in [-0.05, 0) is 57.6 Å². The third-order valence-electron chi connectivity index (χ3n) is 7.84. The molecule has 3 heterocycles. The van der Waals surface area contributed by atoms with Gasteiger partial charge in [0.15, 0.2) is 16.9 Å². The molecule has 216 valence electrons. The number of nitrogens with zero attached hydrogens (tertiary/aromatic N) is 5. The van der Waals surface area contributed by atoms with Crippen molar-refractivity contribution in [3.63, 3.8) is 0 Å². The van der Waals surface area contributed by atoms with Gasteiger partial charge in [0, 0.05) is 43.9 Å². The number of fused-ring (bicyclic) bond motifs is 1. The molecule has 1 aliphatic heterocycles. The number of Topliss-reactive ketones (excluding diaryl/α,β-unsaturated/α-hetero) is 1. The van der Waals surface area contributed by atoms with Crippen molar-refractivity contribution in [1.82, 2.24) is 18.7 Å². The van der Waals surface area contributed by atoms with Gasteiger partial charge in [0.2, 0.25) is 5.95 Å². The zero-order valence-corrected chi connectivity index (χ0v) is 23.6. The maximum absolute atomic E-state index is 13.9. The van der Waals surface area contributed by atoms with E-state index in [4.69, 9.17) is 10.7 Å². The number of aryl methyl sites for hydroxylation is 1. The topological polar surface area (TPSA) is 137 Å². The number of carbonyl (C=O) groups is 2. The van der Waals surface area contributed by atoms with Gasteiger partial charge in [-0.2, -0.15) is 4.98 Å². The number of benzene rings is 1. The highest BCUT2D eigenvalue weighted by Crippen LogP contribution is 2.24. The van der Waals surface area contributed by atoms with Crippen molar-refractivity contribution in [2.75, 3.05) is 23.3 Å². The zero-order chi connectivity index (χ0) is 29.1. The highest BCUT2D eigenvalue weighted by atomic mass is 16.2. The van der Waals surface area contributed by atoms with Gasteiger partial charge in [-0.15, -0.1) is 0 Å². The Bertz CT molecular complexity index is 1660. The van der Waals surface area contributed by atoms with Gasteiger partial charge in [0.05, 0.1) is 12.2 Å². The molecule has 11 heteroatoms. The van der Waals surface area contributed by atoms with E-state index in [1.165, 1.54) is 4.57 Å². The summed E-state index contributed by atoms with van der Waals surface area (Å²) >= 11 is 0. The van der Waals surface area contributed by atoms with Crippen LogP contribution in [0, 0.1) is 0 Å². The summed E-state index contributed by atoms with van der Waals surface area (Å²) in [4.78, 5) is 60.5. The Morgan fingerprint density at radius 3 is 2.68 bits per heavy atom. The van der Waals surface area contributed by atoms with Crippen LogP contribution in [0.15, 0.2) is 57.7 Å². The van der Waals surface area contributed by atoms with E-state index in [-0.39, 0.29) is 28.7 Å². The second kappa shape index (κ2) is 12.1. The fraction of sp³-hybridized carbons (Fsp3) is 0.433. The Labute approximate surface area is 238 Å². The molecular weight excluding hydrogens is 522 g/mol. The lowest BCUT2D eigenvalue weighted by atomic mass is 9.98. The number of nitrogens with one attached hydrogen (secondary N) is 1. The molecule has 1 aromatic carbocycles. The van der Waals surface area contributed by atoms with Crippen LogP contribution in [0.5, 0.6) is 0 Å². The normalized spacial score (nSPS) is 17.7. The predicted octanol–water partition coefficient (Wildman–Crippen LogP) is 2.72. The number of imidazole rings is 1. The summed E-state index contributed by atoms with van der Waals surface area (Å²) in [6.45, 7) is 3.13. The fourth-order valence-corrected chi connectivity index (χ4v) is 5.63. The molecule has 0 saturated carbocycles. The summed E-state index contributed by atoms with van der Waals surface area (Å²) in [5, 5.41) is 2.86. The van der Waals surface area contributed by atoms with Crippen LogP contribution in [-0.2, 0) is 24.9 Å². The number of amides is 1. The highest BCUT2D eigenvalue weighted by Gasteiger charge is 2.27. The minimum absolute atomic E-state index is 0.00760. The molecule has 1 fully saturated rings. The van der Waals surface area contributed by atoms with E-state index < -0.39 is 23.6 Å². The van der Waals surface area contributed by atoms with Gasteiger partial charge in [-0.1, -0.05) is 30.4 Å². The standard InChI is InChI=1S/C30H37N7O4/c1-3-4-17-36-25-26(33-29(36)35-16-10-13-21(31)18-35)34(2)30(41)37(28(25)40)19-24(38)22-14-8-9-15-23(22)32-27(39)20-11-6-5-7-12-20/h3-4,8-9,11,14-15,21H,5-7,10,12-13,16-19,31H2,1-2H3,(H,32,39). The first-order valence-corrected chi connectivity index (χ1v) is 14.2. The largest absolute Gasteiger partial charge is 0.341 e. The molecule has 1 saturated heterocycles. The van der Waals surface area contributed by atoms with Crippen molar-refractivity contribution in [3.8, 4) is 0 Å². The Morgan fingerprint density at radius 2 is 1.95 bits per heavy atom. The number of carbonyl (C=O) groups excluding carboxylic acids is 2. The van der Waals surface area contributed by atoms with Crippen LogP contribution in [0.4, 0.5) is 11.6 Å². The van der Waals surface area contributed by atoms with E-state index in [0.29, 0.717) is 36.7 Å². The number of hydrogen-bond acceptors (Lipinski definition) is 7. The molecule has 0 bridgehead atoms. The first-order chi connectivity index (χ1) is 19.8. The maximum atomic E-state index is 13.9. The van der Waals surface area contributed by atoms with E-state index >= 15 is 0 Å². The summed E-state index contributed by atoms with van der Waals surface area (Å²) < 4.78 is 4.06. The van der Waals surface area contributed by atoms with E-state index in [1.54, 1.807) is 35.9 Å². The van der Waals surface area contributed by atoms with Gasteiger partial charge in [-0.3, -0.25) is 23.5 Å². The Hall–Kier alpha value is -4.25. The number of ketones is 1. The van der Waals surface area contributed by atoms with E-state index in [1.807, 2.05) is 25.2 Å². The van der Waals surface area contributed by atoms with Gasteiger partial charge < -0.3 is 20.5 Å². The summed E-state index contributed by atoms with van der Waals surface area (Å²) in [5.74, 6) is -0.120. The SMILES string of the molecule is CC=CCn1c(N2CCCC(N)C2)nc2c1c(=O)n(CC(=O)c1ccccc1NC(=O)C1=CCCCC1)c(=O)n2C. The van der Waals surface area contributed by atoms with Gasteiger partial charge in [0.25, 0.3) is 11.5 Å². The lowest BCUT2D eigenvalue weighted by Gasteiger charge is -2.31. The number of allylic oxidation sites excluding steroid dienone is 3. The average molecular weight is 560 g/mol. The molecule has 2 aromatic heterocycles. The molecule has 1 unspecified atom stereocenters. The molecule has 0 spiro atoms. The zero-order valence-electron chi connectivity index (χ0n) is 23.6. The maximum Gasteiger partial charge on any atom is 0.332 e. The number of aromatic nitrogens is 4. The molecular formula is C30H37N7O4. The molecule has 0 radical (unpaired) electrons. The van der Waals surface area contributed by atoms with Gasteiger partial charge >= 0.3 is 5.69 Å². The lowest BCUT2D eigenvalue weighted by molar-refractivity contribution is -0.113. The predicted molar refractivity (Wildman–Crippen MR) is 159 cm³/mol. The van der Waals surface area contributed by atoms with Crippen molar-refractivity contribution in [3.05, 3.63) is 74.5 Å². The van der Waals surface area contributed by atoms with Crippen LogP contribution in [0.2, 0.25) is 0 Å². The summed E-state index contributed by atoms with van der Waals surface area (Å²) in [5.41, 5.74) is 6.80. The Morgan fingerprint density at radius 1 is 1.15 bits per heavy atom. The first-order valence-electron chi connectivity index (χ1n) is 14.2. The Balaban J connectivity index is 1.53. The van der Waals surface area contributed by atoms with E-state index in [9.17, 15) is 19.2 Å². The molecule has 41 heavy (non-hydrogen) atoms. The number of nitrogens with two attached hydrogens (primary N) is 1. The molecule has 3 N–H and O–H groups in total. The minimum atomic E-state index is -0.637. The molecule has 11 nitrogen and oxygen atoms in total. The highest BCUT2D eigenvalue weighted by molar-refractivity contribution is 6.09. The smallest absolute Gasteiger partial charge is 0.332 e. The van der Waals surface area contributed by atoms with Crippen LogP contribution >= 0.6 is 0 Å².